The fourth-order valence-electron chi connectivity index (χ4n) is 4.96. The zero-order valence-corrected chi connectivity index (χ0v) is 26.0. The van der Waals surface area contributed by atoms with Crippen molar-refractivity contribution < 1.29 is 4.74 Å². The molecule has 0 fully saturated rings. The van der Waals surface area contributed by atoms with Gasteiger partial charge in [-0.25, -0.2) is 9.97 Å². The van der Waals surface area contributed by atoms with Crippen molar-refractivity contribution in [3.63, 3.8) is 0 Å². The number of nitrogens with zero attached hydrogens (tertiary/aromatic N) is 2. The van der Waals surface area contributed by atoms with Gasteiger partial charge in [-0.05, 0) is 112 Å². The molecule has 0 saturated carbocycles. The number of imidazole rings is 2. The van der Waals surface area contributed by atoms with E-state index < -0.39 is 0 Å². The Balaban J connectivity index is 1.12. The van der Waals surface area contributed by atoms with E-state index in [1.54, 1.807) is 0 Å². The van der Waals surface area contributed by atoms with Crippen LogP contribution in [0.3, 0.4) is 0 Å². The van der Waals surface area contributed by atoms with Crippen LogP contribution in [-0.4, -0.2) is 43.7 Å². The molecule has 2 unspecified atom stereocenters. The molecule has 0 spiro atoms. The van der Waals surface area contributed by atoms with Gasteiger partial charge in [-0.15, -0.1) is 0 Å². The Kier molecular flexibility index (Phi) is 8.33. The van der Waals surface area contributed by atoms with E-state index in [9.17, 15) is 0 Å². The van der Waals surface area contributed by atoms with Crippen molar-refractivity contribution in [2.24, 2.45) is 0 Å². The summed E-state index contributed by atoms with van der Waals surface area (Å²) in [6.07, 6.45) is 1.91. The molecule has 6 N–H and O–H groups in total. The topological polar surface area (TPSA) is 138 Å². The highest BCUT2D eigenvalue weighted by molar-refractivity contribution is 6.00. The number of aromatic amines is 2. The minimum Gasteiger partial charge on any atom is -0.457 e. The van der Waals surface area contributed by atoms with Crippen molar-refractivity contribution in [3.8, 4) is 34.3 Å². The molecule has 4 aromatic carbocycles. The molecular formula is C36H38N8O. The van der Waals surface area contributed by atoms with Gasteiger partial charge in [-0.2, -0.15) is 0 Å². The molecule has 2 atom stereocenters. The van der Waals surface area contributed by atoms with Crippen LogP contribution >= 0.6 is 0 Å². The van der Waals surface area contributed by atoms with Crippen LogP contribution in [-0.2, 0) is 0 Å². The van der Waals surface area contributed by atoms with Gasteiger partial charge in [0.2, 0.25) is 0 Å². The van der Waals surface area contributed by atoms with Gasteiger partial charge in [-0.3, -0.25) is 10.8 Å². The van der Waals surface area contributed by atoms with E-state index in [1.165, 1.54) is 0 Å². The lowest BCUT2D eigenvalue weighted by Crippen LogP contribution is -2.31. The predicted octanol–water partition coefficient (Wildman–Crippen LogP) is 7.99. The largest absolute Gasteiger partial charge is 0.457 e. The fraction of sp³-hybridized carbons (Fsp3) is 0.222. The van der Waals surface area contributed by atoms with Crippen LogP contribution in [0, 0.1) is 10.8 Å². The number of amidine groups is 2. The molecule has 0 aliphatic carbocycles. The molecule has 0 amide bonds. The number of hydrogen-bond acceptors (Lipinski definition) is 5. The average Bonchev–Trinajstić information content (AvgIpc) is 3.69. The third-order valence-electron chi connectivity index (χ3n) is 8.04. The maximum atomic E-state index is 8.37. The summed E-state index contributed by atoms with van der Waals surface area (Å²) in [6.45, 7) is 8.34. The maximum absolute atomic E-state index is 8.37. The number of hydrogen-bond donors (Lipinski definition) is 6. The van der Waals surface area contributed by atoms with E-state index in [0.29, 0.717) is 11.7 Å². The van der Waals surface area contributed by atoms with Crippen molar-refractivity contribution in [2.45, 2.75) is 52.6 Å². The lowest BCUT2D eigenvalue weighted by molar-refractivity contribution is 0.483. The van der Waals surface area contributed by atoms with E-state index in [1.807, 2.05) is 84.9 Å². The SMILES string of the molecule is CCC(C)NC(=N)c1ccc2[nH]c(-c3ccc(Oc4ccc(-c5nc6cc(C(=N)NC(C)CC)ccc6[nH]5)cc4)cc3)nc2c1. The molecule has 9 heteroatoms. The summed E-state index contributed by atoms with van der Waals surface area (Å²) < 4.78 is 6.12. The first kappa shape index (κ1) is 29.6. The average molecular weight is 599 g/mol. The van der Waals surface area contributed by atoms with Crippen LogP contribution in [0.25, 0.3) is 44.8 Å². The first-order chi connectivity index (χ1) is 21.8. The number of benzene rings is 4. The minimum absolute atomic E-state index is 0.242. The first-order valence-corrected chi connectivity index (χ1v) is 15.4. The zero-order valence-electron chi connectivity index (χ0n) is 26.0. The zero-order chi connectivity index (χ0) is 31.5. The first-order valence-electron chi connectivity index (χ1n) is 15.4. The van der Waals surface area contributed by atoms with Crippen LogP contribution in [0.5, 0.6) is 11.5 Å². The summed E-state index contributed by atoms with van der Waals surface area (Å²) in [5.74, 6) is 3.79. The van der Waals surface area contributed by atoms with E-state index >= 15 is 0 Å². The maximum Gasteiger partial charge on any atom is 0.138 e. The normalized spacial score (nSPS) is 12.6. The van der Waals surface area contributed by atoms with Gasteiger partial charge in [0, 0.05) is 34.3 Å². The number of rotatable bonds is 10. The van der Waals surface area contributed by atoms with Gasteiger partial charge in [0.05, 0.1) is 22.1 Å². The number of H-pyrrole nitrogens is 2. The summed E-state index contributed by atoms with van der Waals surface area (Å²) in [7, 11) is 0. The molecule has 2 aromatic heterocycles. The lowest BCUT2D eigenvalue weighted by atomic mass is 10.1. The molecule has 6 rings (SSSR count). The summed E-state index contributed by atoms with van der Waals surface area (Å²) in [5.41, 5.74) is 7.02. The highest BCUT2D eigenvalue weighted by Gasteiger charge is 2.12. The molecule has 0 aliphatic heterocycles. The molecule has 0 bridgehead atoms. The molecule has 0 saturated heterocycles. The van der Waals surface area contributed by atoms with Crippen LogP contribution < -0.4 is 15.4 Å². The van der Waals surface area contributed by atoms with Gasteiger partial charge in [0.1, 0.15) is 34.8 Å². The molecule has 0 aliphatic rings. The summed E-state index contributed by atoms with van der Waals surface area (Å²) >= 11 is 0. The van der Waals surface area contributed by atoms with Crippen molar-refractivity contribution >= 4 is 33.7 Å². The standard InChI is InChI=1S/C36H38N8O/c1-5-21(3)39-33(37)25-11-17-29-31(19-25)43-35(41-29)23-7-13-27(14-8-23)45-28-15-9-24(10-16-28)36-42-30-18-12-26(20-32(30)44-36)34(38)40-22(4)6-2/h7-22H,5-6H2,1-4H3,(H2,37,39)(H2,38,40)(H,41,43)(H,42,44). The van der Waals surface area contributed by atoms with Crippen molar-refractivity contribution in [1.82, 2.24) is 30.6 Å². The molecule has 2 heterocycles. The third kappa shape index (κ3) is 6.57. The van der Waals surface area contributed by atoms with Crippen molar-refractivity contribution in [2.75, 3.05) is 0 Å². The second-order valence-electron chi connectivity index (χ2n) is 11.4. The van der Waals surface area contributed by atoms with Gasteiger partial charge >= 0.3 is 0 Å². The highest BCUT2D eigenvalue weighted by atomic mass is 16.5. The Hall–Kier alpha value is -5.44. The molecule has 6 aromatic rings. The lowest BCUT2D eigenvalue weighted by Gasteiger charge is -2.13. The molecule has 0 radical (unpaired) electrons. The van der Waals surface area contributed by atoms with Gasteiger partial charge in [0.15, 0.2) is 0 Å². The predicted molar refractivity (Wildman–Crippen MR) is 183 cm³/mol. The minimum atomic E-state index is 0.242. The molecule has 45 heavy (non-hydrogen) atoms. The second kappa shape index (κ2) is 12.7. The second-order valence-corrected chi connectivity index (χ2v) is 11.4. The molecule has 228 valence electrons. The van der Waals surface area contributed by atoms with E-state index in [2.05, 4.69) is 48.3 Å². The summed E-state index contributed by atoms with van der Waals surface area (Å²) in [5, 5.41) is 23.2. The van der Waals surface area contributed by atoms with Gasteiger partial charge in [0.25, 0.3) is 0 Å². The Morgan fingerprint density at radius 2 is 1.04 bits per heavy atom. The third-order valence-corrected chi connectivity index (χ3v) is 8.04. The monoisotopic (exact) mass is 598 g/mol. The van der Waals surface area contributed by atoms with E-state index in [0.717, 1.165) is 80.3 Å². The number of aromatic nitrogens is 4. The van der Waals surface area contributed by atoms with Gasteiger partial charge in [-0.1, -0.05) is 13.8 Å². The smallest absolute Gasteiger partial charge is 0.138 e. The number of nitrogens with one attached hydrogen (secondary N) is 6. The van der Waals surface area contributed by atoms with Crippen molar-refractivity contribution in [3.05, 3.63) is 96.1 Å². The van der Waals surface area contributed by atoms with Crippen LogP contribution in [0.1, 0.15) is 51.7 Å². The van der Waals surface area contributed by atoms with Crippen LogP contribution in [0.15, 0.2) is 84.9 Å². The Labute approximate surface area is 262 Å². The van der Waals surface area contributed by atoms with Crippen molar-refractivity contribution in [1.29, 1.82) is 10.8 Å². The number of ether oxygens (including phenoxy) is 1. The van der Waals surface area contributed by atoms with Crippen LogP contribution in [0.2, 0.25) is 0 Å². The summed E-state index contributed by atoms with van der Waals surface area (Å²) in [4.78, 5) is 16.3. The Bertz CT molecular complexity index is 1830. The molecule has 9 nitrogen and oxygen atoms in total. The molecular weight excluding hydrogens is 560 g/mol. The summed E-state index contributed by atoms with van der Waals surface area (Å²) in [6, 6.07) is 27.8. The van der Waals surface area contributed by atoms with Gasteiger partial charge < -0.3 is 25.3 Å². The number of fused-ring (bicyclic) bond motifs is 2. The Morgan fingerprint density at radius 1 is 0.644 bits per heavy atom. The Morgan fingerprint density at radius 3 is 1.42 bits per heavy atom. The highest BCUT2D eigenvalue weighted by Crippen LogP contribution is 2.29. The quantitative estimate of drug-likeness (QED) is 0.0701. The fourth-order valence-corrected chi connectivity index (χ4v) is 4.96. The van der Waals surface area contributed by atoms with E-state index in [4.69, 9.17) is 25.5 Å². The van der Waals surface area contributed by atoms with E-state index in [-0.39, 0.29) is 12.1 Å². The van der Waals surface area contributed by atoms with Crippen LogP contribution in [0.4, 0.5) is 0 Å².